The van der Waals surface area contributed by atoms with Crippen molar-refractivity contribution >= 4 is 34.6 Å². The van der Waals surface area contributed by atoms with Crippen LogP contribution in [0.5, 0.6) is 0 Å². The first-order valence-corrected chi connectivity index (χ1v) is 7.85. The topological polar surface area (TPSA) is 24.9 Å². The molecular weight excluding hydrogens is 361 g/mol. The molecule has 3 rings (SSSR count). The van der Waals surface area contributed by atoms with Crippen molar-refractivity contribution in [2.24, 2.45) is 0 Å². The smallest absolute Gasteiger partial charge is 0.141 e. The van der Waals surface area contributed by atoms with Gasteiger partial charge in [-0.25, -0.2) is 8.78 Å². The molecule has 4 nitrogen and oxygen atoms in total. The van der Waals surface area contributed by atoms with Crippen molar-refractivity contribution in [3.8, 4) is 0 Å². The van der Waals surface area contributed by atoms with Gasteiger partial charge in [0, 0.05) is 11.4 Å². The van der Waals surface area contributed by atoms with E-state index < -0.39 is 11.6 Å². The number of hydrogen-bond acceptors (Lipinski definition) is 4. The van der Waals surface area contributed by atoms with Crippen LogP contribution >= 0.6 is 23.2 Å². The molecule has 2 aromatic rings. The molecule has 0 spiro atoms. The average Bonchev–Trinajstić information content (AvgIpc) is 2.53. The zero-order chi connectivity index (χ0) is 17.1. The molecule has 1 saturated heterocycles. The van der Waals surface area contributed by atoms with Crippen molar-refractivity contribution in [1.82, 2.24) is 0 Å². The largest absolute Gasteiger partial charge is 0.341 e. The van der Waals surface area contributed by atoms with Gasteiger partial charge in [-0.05, 0) is 36.4 Å². The fourth-order valence-corrected chi connectivity index (χ4v) is 2.61. The average molecular weight is 375 g/mol. The summed E-state index contributed by atoms with van der Waals surface area (Å²) >= 11 is 11.6. The summed E-state index contributed by atoms with van der Waals surface area (Å²) in [6, 6.07) is 8.83. The lowest BCUT2D eigenvalue weighted by atomic mass is 10.3. The van der Waals surface area contributed by atoms with E-state index in [2.05, 4.69) is 0 Å². The van der Waals surface area contributed by atoms with E-state index in [9.17, 15) is 8.78 Å². The van der Waals surface area contributed by atoms with Crippen LogP contribution in [0.25, 0.3) is 0 Å². The molecule has 1 aliphatic rings. The molecule has 0 saturated carbocycles. The maximum atomic E-state index is 13.3. The van der Waals surface area contributed by atoms with Crippen LogP contribution in [0.3, 0.4) is 0 Å². The van der Waals surface area contributed by atoms with E-state index >= 15 is 0 Å². The molecule has 0 aliphatic carbocycles. The van der Waals surface area contributed by atoms with Crippen LogP contribution < -0.4 is 9.80 Å². The Morgan fingerprint density at radius 2 is 1.08 bits per heavy atom. The van der Waals surface area contributed by atoms with E-state index in [1.807, 2.05) is 0 Å². The summed E-state index contributed by atoms with van der Waals surface area (Å²) in [5.41, 5.74) is 1.39. The fourth-order valence-electron chi connectivity index (χ4n) is 2.26. The number of hydrogen-bond donors (Lipinski definition) is 0. The first-order chi connectivity index (χ1) is 11.5. The minimum Gasteiger partial charge on any atom is -0.341 e. The minimum absolute atomic E-state index is 0.0390. The van der Waals surface area contributed by atoms with Crippen molar-refractivity contribution in [3.05, 3.63) is 58.1 Å². The first-order valence-electron chi connectivity index (χ1n) is 7.10. The lowest BCUT2D eigenvalue weighted by Crippen LogP contribution is -2.39. The number of ether oxygens (including phenoxy) is 2. The number of benzene rings is 2. The number of anilines is 2. The minimum atomic E-state index is -0.478. The molecular formula is C16H14Cl2F2N2O2. The van der Waals surface area contributed by atoms with Crippen molar-refractivity contribution in [1.29, 1.82) is 0 Å². The summed E-state index contributed by atoms with van der Waals surface area (Å²) in [5, 5.41) is 0.0780. The highest BCUT2D eigenvalue weighted by Gasteiger charge is 2.16. The summed E-state index contributed by atoms with van der Waals surface area (Å²) < 4.78 is 37.8. The van der Waals surface area contributed by atoms with Crippen LogP contribution in [0, 0.1) is 11.6 Å². The first kappa shape index (κ1) is 17.2. The molecule has 0 unspecified atom stereocenters. The summed E-state index contributed by atoms with van der Waals surface area (Å²) in [4.78, 5) is 3.56. The van der Waals surface area contributed by atoms with Gasteiger partial charge in [0.25, 0.3) is 0 Å². The molecule has 0 aromatic heterocycles. The van der Waals surface area contributed by atoms with Crippen molar-refractivity contribution in [3.63, 3.8) is 0 Å². The molecule has 2 aromatic carbocycles. The Hall–Kier alpha value is -1.60. The van der Waals surface area contributed by atoms with E-state index in [4.69, 9.17) is 32.7 Å². The van der Waals surface area contributed by atoms with Crippen LogP contribution in [0.4, 0.5) is 20.2 Å². The van der Waals surface area contributed by atoms with Gasteiger partial charge in [-0.15, -0.1) is 0 Å². The van der Waals surface area contributed by atoms with Gasteiger partial charge < -0.3 is 19.3 Å². The van der Waals surface area contributed by atoms with Gasteiger partial charge in [0.2, 0.25) is 0 Å². The molecule has 1 fully saturated rings. The SMILES string of the molecule is Fc1ccc(N2COCN(c3ccc(F)c(Cl)c3)COC2)cc1Cl. The third-order valence-corrected chi connectivity index (χ3v) is 4.10. The Morgan fingerprint density at radius 1 is 0.708 bits per heavy atom. The summed E-state index contributed by atoms with van der Waals surface area (Å²) in [6.45, 7) is 0.918. The Labute approximate surface area is 148 Å². The highest BCUT2D eigenvalue weighted by molar-refractivity contribution is 6.31. The number of rotatable bonds is 2. The van der Waals surface area contributed by atoms with Crippen LogP contribution in [-0.2, 0) is 9.47 Å². The van der Waals surface area contributed by atoms with Crippen LogP contribution in [0.1, 0.15) is 0 Å². The van der Waals surface area contributed by atoms with Gasteiger partial charge in [0.05, 0.1) is 10.0 Å². The second kappa shape index (κ2) is 7.53. The molecule has 1 aliphatic heterocycles. The fraction of sp³-hybridized carbons (Fsp3) is 0.250. The predicted octanol–water partition coefficient (Wildman–Crippen LogP) is 4.46. The molecule has 0 N–H and O–H groups in total. The van der Waals surface area contributed by atoms with Crippen LogP contribution in [-0.4, -0.2) is 26.9 Å². The number of nitrogens with zero attached hydrogens (tertiary/aromatic N) is 2. The van der Waals surface area contributed by atoms with Crippen LogP contribution in [0.2, 0.25) is 10.0 Å². The Morgan fingerprint density at radius 3 is 1.42 bits per heavy atom. The van der Waals surface area contributed by atoms with Crippen molar-refractivity contribution < 1.29 is 18.3 Å². The summed E-state index contributed by atoms with van der Waals surface area (Å²) in [5.74, 6) is -0.956. The van der Waals surface area contributed by atoms with Gasteiger partial charge in [0.15, 0.2) is 0 Å². The zero-order valence-corrected chi connectivity index (χ0v) is 14.0. The van der Waals surface area contributed by atoms with Crippen LogP contribution in [0.15, 0.2) is 36.4 Å². The molecule has 0 bridgehead atoms. The summed E-state index contributed by atoms with van der Waals surface area (Å²) in [7, 11) is 0. The molecule has 1 heterocycles. The number of halogens is 4. The molecule has 8 heteroatoms. The normalized spacial score (nSPS) is 16.0. The molecule has 0 amide bonds. The zero-order valence-electron chi connectivity index (χ0n) is 12.5. The monoisotopic (exact) mass is 374 g/mol. The van der Waals surface area contributed by atoms with Gasteiger partial charge in [-0.2, -0.15) is 0 Å². The van der Waals surface area contributed by atoms with E-state index in [0.717, 1.165) is 0 Å². The highest BCUT2D eigenvalue weighted by atomic mass is 35.5. The maximum Gasteiger partial charge on any atom is 0.141 e. The molecule has 0 radical (unpaired) electrons. The van der Waals surface area contributed by atoms with Crippen molar-refractivity contribution in [2.45, 2.75) is 0 Å². The van der Waals surface area contributed by atoms with E-state index in [1.54, 1.807) is 21.9 Å². The second-order valence-corrected chi connectivity index (χ2v) is 6.02. The summed E-state index contributed by atoms with van der Waals surface area (Å²) in [6.07, 6.45) is 0. The van der Waals surface area contributed by atoms with Gasteiger partial charge in [-0.3, -0.25) is 0 Å². The molecule has 24 heavy (non-hydrogen) atoms. The van der Waals surface area contributed by atoms with Gasteiger partial charge >= 0.3 is 0 Å². The molecule has 0 atom stereocenters. The van der Waals surface area contributed by atoms with Gasteiger partial charge in [-0.1, -0.05) is 23.2 Å². The van der Waals surface area contributed by atoms with E-state index in [-0.39, 0.29) is 37.0 Å². The van der Waals surface area contributed by atoms with Gasteiger partial charge in [0.1, 0.15) is 38.6 Å². The predicted molar refractivity (Wildman–Crippen MR) is 89.4 cm³/mol. The third kappa shape index (κ3) is 3.89. The van der Waals surface area contributed by atoms with Crippen molar-refractivity contribution in [2.75, 3.05) is 36.7 Å². The quantitative estimate of drug-likeness (QED) is 0.774. The maximum absolute atomic E-state index is 13.3. The second-order valence-electron chi connectivity index (χ2n) is 5.20. The standard InChI is InChI=1S/C16H14Cl2F2N2O2/c17-13-5-11(1-3-15(13)19)21-7-23-9-22(10-24-8-21)12-2-4-16(20)14(18)6-12/h1-6H,7-10H2. The third-order valence-electron chi connectivity index (χ3n) is 3.53. The Kier molecular flexibility index (Phi) is 5.40. The molecule has 128 valence electrons. The lowest BCUT2D eigenvalue weighted by Gasteiger charge is -2.32. The van der Waals surface area contributed by atoms with E-state index in [1.165, 1.54) is 24.3 Å². The lowest BCUT2D eigenvalue weighted by molar-refractivity contribution is 0.0407. The Balaban J connectivity index is 1.66. The highest BCUT2D eigenvalue weighted by Crippen LogP contribution is 2.25. The van der Waals surface area contributed by atoms with E-state index in [0.29, 0.717) is 11.4 Å². The Bertz CT molecular complexity index is 664.